The van der Waals surface area contributed by atoms with E-state index in [1.807, 2.05) is 12.1 Å². The third-order valence-electron chi connectivity index (χ3n) is 10.9. The maximum atomic E-state index is 6.08. The van der Waals surface area contributed by atoms with Crippen molar-refractivity contribution in [3.8, 4) is 27.9 Å². The molecule has 2 aromatic heterocycles. The molecule has 0 spiro atoms. The minimum atomic E-state index is 0.280. The molecule has 0 radical (unpaired) electrons. The number of rotatable bonds is 4. The van der Waals surface area contributed by atoms with Gasteiger partial charge in [-0.05, 0) is 101 Å². The Balaban J connectivity index is 0.989. The molecular weight excluding hydrogens is 621 g/mol. The Bertz CT molecular complexity index is 2870. The first-order chi connectivity index (χ1) is 25.3. The quantitative estimate of drug-likeness (QED) is 0.189. The van der Waals surface area contributed by atoms with Gasteiger partial charge in [0.25, 0.3) is 0 Å². The molecule has 0 N–H and O–H groups in total. The zero-order chi connectivity index (χ0) is 33.5. The summed E-state index contributed by atoms with van der Waals surface area (Å²) in [6.07, 6.45) is 9.07. The number of benzene rings is 7. The van der Waals surface area contributed by atoms with Crippen LogP contribution in [0.15, 0.2) is 186 Å². The fourth-order valence-electron chi connectivity index (χ4n) is 8.55. The largest absolute Gasteiger partial charge is 0.456 e. The highest BCUT2D eigenvalue weighted by molar-refractivity contribution is 6.11. The van der Waals surface area contributed by atoms with Crippen LogP contribution in [0.5, 0.6) is 0 Å². The van der Waals surface area contributed by atoms with Gasteiger partial charge in [0.1, 0.15) is 11.2 Å². The fourth-order valence-corrected chi connectivity index (χ4v) is 8.55. The van der Waals surface area contributed by atoms with E-state index in [2.05, 4.69) is 179 Å². The van der Waals surface area contributed by atoms with Crippen molar-refractivity contribution in [3.63, 3.8) is 0 Å². The lowest BCUT2D eigenvalue weighted by atomic mass is 9.89. The Hall–Kier alpha value is -6.58. The van der Waals surface area contributed by atoms with E-state index in [4.69, 9.17) is 4.42 Å². The molecule has 0 saturated carbocycles. The normalized spacial score (nSPS) is 16.4. The van der Waals surface area contributed by atoms with E-state index in [1.165, 1.54) is 61.0 Å². The third kappa shape index (κ3) is 4.31. The van der Waals surface area contributed by atoms with Crippen molar-refractivity contribution in [1.29, 1.82) is 0 Å². The van der Waals surface area contributed by atoms with Crippen LogP contribution < -0.4 is 4.90 Å². The molecular formula is C48H32N2O. The van der Waals surface area contributed by atoms with E-state index >= 15 is 0 Å². The molecule has 240 valence electrons. The summed E-state index contributed by atoms with van der Waals surface area (Å²) < 4.78 is 8.48. The molecule has 11 rings (SSSR count). The van der Waals surface area contributed by atoms with E-state index in [0.29, 0.717) is 5.92 Å². The Kier molecular flexibility index (Phi) is 6.08. The number of aromatic nitrogens is 1. The first kappa shape index (κ1) is 28.3. The third-order valence-corrected chi connectivity index (χ3v) is 10.9. The molecule has 7 aromatic carbocycles. The van der Waals surface area contributed by atoms with Crippen molar-refractivity contribution in [2.75, 3.05) is 4.90 Å². The monoisotopic (exact) mass is 652 g/mol. The summed E-state index contributed by atoms with van der Waals surface area (Å²) in [7, 11) is 0. The molecule has 0 fully saturated rings. The van der Waals surface area contributed by atoms with Gasteiger partial charge in [0.2, 0.25) is 0 Å². The van der Waals surface area contributed by atoms with Gasteiger partial charge in [0.05, 0.1) is 17.1 Å². The van der Waals surface area contributed by atoms with Gasteiger partial charge in [-0.15, -0.1) is 0 Å². The molecule has 0 amide bonds. The van der Waals surface area contributed by atoms with Crippen LogP contribution in [0.1, 0.15) is 11.5 Å². The Morgan fingerprint density at radius 1 is 0.431 bits per heavy atom. The van der Waals surface area contributed by atoms with Gasteiger partial charge in [-0.3, -0.25) is 0 Å². The molecule has 1 aliphatic heterocycles. The van der Waals surface area contributed by atoms with E-state index in [-0.39, 0.29) is 6.04 Å². The summed E-state index contributed by atoms with van der Waals surface area (Å²) >= 11 is 0. The van der Waals surface area contributed by atoms with Crippen LogP contribution in [-0.2, 0) is 0 Å². The number of hydrogen-bond acceptors (Lipinski definition) is 2. The average Bonchev–Trinajstić information content (AvgIpc) is 3.85. The molecule has 3 heterocycles. The highest BCUT2D eigenvalue weighted by Gasteiger charge is 2.37. The summed E-state index contributed by atoms with van der Waals surface area (Å²) in [5.41, 5.74) is 14.1. The number of para-hydroxylation sites is 3. The summed E-state index contributed by atoms with van der Waals surface area (Å²) in [5.74, 6) is 0.319. The van der Waals surface area contributed by atoms with Crippen LogP contribution in [0.2, 0.25) is 0 Å². The molecule has 0 bridgehead atoms. The van der Waals surface area contributed by atoms with Crippen molar-refractivity contribution in [2.45, 2.75) is 12.0 Å². The van der Waals surface area contributed by atoms with Gasteiger partial charge < -0.3 is 13.9 Å². The number of hydrogen-bond donors (Lipinski definition) is 0. The van der Waals surface area contributed by atoms with Crippen LogP contribution in [0, 0.1) is 0 Å². The Morgan fingerprint density at radius 2 is 1.08 bits per heavy atom. The molecule has 9 aromatic rings. The predicted molar refractivity (Wildman–Crippen MR) is 212 cm³/mol. The average molecular weight is 653 g/mol. The van der Waals surface area contributed by atoms with Crippen LogP contribution in [0.25, 0.3) is 71.7 Å². The highest BCUT2D eigenvalue weighted by Crippen LogP contribution is 2.49. The fraction of sp³-hybridized carbons (Fsp3) is 0.0417. The Morgan fingerprint density at radius 3 is 1.98 bits per heavy atom. The molecule has 3 heteroatoms. The SMILES string of the molecule is C1=CC2c3cc(-c4ccc5c(c4)c4ccccc4n5-c4ccc(-c5ccc6oc7ccccc7c6c5)cc4)ccc3N(c3ccccc3)C2C=C1. The molecule has 51 heavy (non-hydrogen) atoms. The van der Waals surface area contributed by atoms with E-state index in [1.54, 1.807) is 0 Å². The lowest BCUT2D eigenvalue weighted by molar-refractivity contribution is 0.669. The van der Waals surface area contributed by atoms with E-state index in [0.717, 1.165) is 27.6 Å². The first-order valence-corrected chi connectivity index (χ1v) is 17.7. The zero-order valence-electron chi connectivity index (χ0n) is 27.8. The lowest BCUT2D eigenvalue weighted by Crippen LogP contribution is -2.28. The van der Waals surface area contributed by atoms with Crippen LogP contribution in [0.4, 0.5) is 11.4 Å². The zero-order valence-corrected chi connectivity index (χ0v) is 27.8. The summed E-state index contributed by atoms with van der Waals surface area (Å²) in [6.45, 7) is 0. The van der Waals surface area contributed by atoms with Crippen molar-refractivity contribution >= 4 is 55.1 Å². The van der Waals surface area contributed by atoms with Crippen LogP contribution >= 0.6 is 0 Å². The second-order valence-corrected chi connectivity index (χ2v) is 13.7. The maximum absolute atomic E-state index is 6.08. The van der Waals surface area contributed by atoms with Gasteiger partial charge in [-0.25, -0.2) is 0 Å². The summed E-state index contributed by atoms with van der Waals surface area (Å²) in [4.78, 5) is 2.49. The van der Waals surface area contributed by atoms with Gasteiger partial charge >= 0.3 is 0 Å². The molecule has 0 saturated heterocycles. The number of allylic oxidation sites excluding steroid dienone is 2. The lowest BCUT2D eigenvalue weighted by Gasteiger charge is -2.28. The number of nitrogens with zero attached hydrogens (tertiary/aromatic N) is 2. The minimum Gasteiger partial charge on any atom is -0.456 e. The summed E-state index contributed by atoms with van der Waals surface area (Å²) in [6, 6.07) is 57.5. The molecule has 2 unspecified atom stereocenters. The molecule has 2 atom stereocenters. The van der Waals surface area contributed by atoms with Gasteiger partial charge in [0, 0.05) is 44.5 Å². The minimum absolute atomic E-state index is 0.280. The standard InChI is InChI=1S/C48H32N2O/c1-2-10-35(11-3-1)49-43-15-7-4-12-37(43)40-28-33(20-25-45(40)49)34-21-26-46-41(29-34)38-13-5-8-16-44(38)50(46)36-23-18-31(19-24-36)32-22-27-48-42(30-32)39-14-6-9-17-47(39)51-48/h1-30,37,43H. The highest BCUT2D eigenvalue weighted by atomic mass is 16.3. The van der Waals surface area contributed by atoms with E-state index < -0.39 is 0 Å². The van der Waals surface area contributed by atoms with Crippen molar-refractivity contribution in [3.05, 3.63) is 188 Å². The molecule has 1 aliphatic carbocycles. The second-order valence-electron chi connectivity index (χ2n) is 13.7. The van der Waals surface area contributed by atoms with Crippen molar-refractivity contribution < 1.29 is 4.42 Å². The van der Waals surface area contributed by atoms with E-state index in [9.17, 15) is 0 Å². The number of anilines is 2. The smallest absolute Gasteiger partial charge is 0.135 e. The molecule has 3 nitrogen and oxygen atoms in total. The number of furan rings is 1. The second kappa shape index (κ2) is 11.0. The summed E-state index contributed by atoms with van der Waals surface area (Å²) in [5, 5.41) is 4.81. The first-order valence-electron chi connectivity index (χ1n) is 17.7. The van der Waals surface area contributed by atoms with Crippen LogP contribution in [-0.4, -0.2) is 10.6 Å². The Labute approximate surface area is 295 Å². The predicted octanol–water partition coefficient (Wildman–Crippen LogP) is 12.7. The van der Waals surface area contributed by atoms with Gasteiger partial charge in [-0.1, -0.05) is 109 Å². The molecule has 2 aliphatic rings. The topological polar surface area (TPSA) is 21.3 Å². The van der Waals surface area contributed by atoms with Crippen molar-refractivity contribution in [1.82, 2.24) is 4.57 Å². The number of fused-ring (bicyclic) bond motifs is 9. The van der Waals surface area contributed by atoms with Gasteiger partial charge in [-0.2, -0.15) is 0 Å². The van der Waals surface area contributed by atoms with Crippen LogP contribution in [0.3, 0.4) is 0 Å². The maximum Gasteiger partial charge on any atom is 0.135 e. The van der Waals surface area contributed by atoms with Crippen molar-refractivity contribution in [2.24, 2.45) is 0 Å². The van der Waals surface area contributed by atoms with Gasteiger partial charge in [0.15, 0.2) is 0 Å².